The van der Waals surface area contributed by atoms with E-state index in [1.54, 1.807) is 6.07 Å². The number of aryl methyl sites for hydroxylation is 1. The molecule has 1 aromatic heterocycles. The Hall–Kier alpha value is -2.01. The van der Waals surface area contributed by atoms with Gasteiger partial charge < -0.3 is 19.6 Å². The summed E-state index contributed by atoms with van der Waals surface area (Å²) in [4.78, 5) is 12.5. The van der Waals surface area contributed by atoms with Gasteiger partial charge in [-0.3, -0.25) is 4.79 Å². The van der Waals surface area contributed by atoms with Gasteiger partial charge in [-0.15, -0.1) is 0 Å². The molecule has 1 unspecified atom stereocenters. The molecule has 0 fully saturated rings. The smallest absolute Gasteiger partial charge is 0.287 e. The lowest BCUT2D eigenvalue weighted by Gasteiger charge is -2.35. The van der Waals surface area contributed by atoms with Gasteiger partial charge in [0.15, 0.2) is 5.76 Å². The normalized spacial score (nSPS) is 18.9. The number of amides is 1. The van der Waals surface area contributed by atoms with E-state index in [9.17, 15) is 9.90 Å². The van der Waals surface area contributed by atoms with Crippen LogP contribution in [0.4, 0.5) is 0 Å². The summed E-state index contributed by atoms with van der Waals surface area (Å²) in [5.74, 6) is 1.28. The minimum absolute atomic E-state index is 0.213. The molecule has 25 heavy (non-hydrogen) atoms. The van der Waals surface area contributed by atoms with Gasteiger partial charge in [-0.25, -0.2) is 0 Å². The summed E-state index contributed by atoms with van der Waals surface area (Å²) < 4.78 is 11.8. The van der Waals surface area contributed by atoms with Gasteiger partial charge in [0, 0.05) is 29.5 Å². The van der Waals surface area contributed by atoms with Crippen molar-refractivity contribution in [1.29, 1.82) is 0 Å². The molecule has 0 aliphatic carbocycles. The van der Waals surface area contributed by atoms with E-state index < -0.39 is 11.7 Å². The van der Waals surface area contributed by atoms with Crippen molar-refractivity contribution >= 4 is 16.9 Å². The van der Waals surface area contributed by atoms with Crippen molar-refractivity contribution in [3.8, 4) is 5.75 Å². The Bertz CT molecular complexity index is 804. The SMILES string of the molecule is Cc1c(C(=O)NCCC(C)C)oc2ccc3c(c12)C(O)CC(C)(C)O3. The number of benzene rings is 1. The van der Waals surface area contributed by atoms with Crippen LogP contribution >= 0.6 is 0 Å². The molecule has 5 nitrogen and oxygen atoms in total. The molecule has 0 radical (unpaired) electrons. The fraction of sp³-hybridized carbons (Fsp3) is 0.550. The molecule has 5 heteroatoms. The van der Waals surface area contributed by atoms with E-state index in [0.717, 1.165) is 22.9 Å². The van der Waals surface area contributed by atoms with Gasteiger partial charge in [0.2, 0.25) is 0 Å². The Morgan fingerprint density at radius 2 is 2.12 bits per heavy atom. The maximum atomic E-state index is 12.5. The van der Waals surface area contributed by atoms with Gasteiger partial charge in [-0.2, -0.15) is 0 Å². The van der Waals surface area contributed by atoms with Crippen LogP contribution in [0.15, 0.2) is 16.5 Å². The van der Waals surface area contributed by atoms with Crippen LogP contribution < -0.4 is 10.1 Å². The van der Waals surface area contributed by atoms with Crippen LogP contribution in [-0.2, 0) is 0 Å². The number of hydrogen-bond donors (Lipinski definition) is 2. The molecular formula is C20H27NO4. The number of nitrogens with one attached hydrogen (secondary N) is 1. The van der Waals surface area contributed by atoms with Crippen molar-refractivity contribution in [1.82, 2.24) is 5.32 Å². The molecule has 1 amide bonds. The molecule has 0 bridgehead atoms. The average molecular weight is 345 g/mol. The van der Waals surface area contributed by atoms with E-state index in [2.05, 4.69) is 19.2 Å². The fourth-order valence-corrected chi connectivity index (χ4v) is 3.45. The predicted molar refractivity (Wildman–Crippen MR) is 97.0 cm³/mol. The van der Waals surface area contributed by atoms with Crippen molar-refractivity contribution in [3.05, 3.63) is 29.0 Å². The van der Waals surface area contributed by atoms with Gasteiger partial charge in [0.1, 0.15) is 16.9 Å². The highest BCUT2D eigenvalue weighted by Gasteiger charge is 2.35. The Morgan fingerprint density at radius 3 is 2.80 bits per heavy atom. The third-order valence-electron chi connectivity index (χ3n) is 4.71. The molecule has 1 aromatic carbocycles. The first kappa shape index (κ1) is 17.8. The van der Waals surface area contributed by atoms with Crippen LogP contribution in [-0.4, -0.2) is 23.2 Å². The molecule has 2 N–H and O–H groups in total. The highest BCUT2D eigenvalue weighted by atomic mass is 16.5. The van der Waals surface area contributed by atoms with Crippen LogP contribution in [0.25, 0.3) is 11.0 Å². The van der Waals surface area contributed by atoms with E-state index in [4.69, 9.17) is 9.15 Å². The third-order valence-corrected chi connectivity index (χ3v) is 4.71. The number of ether oxygens (including phenoxy) is 1. The number of carbonyl (C=O) groups excluding carboxylic acids is 1. The van der Waals surface area contributed by atoms with E-state index in [0.29, 0.717) is 36.0 Å². The number of rotatable bonds is 4. The zero-order chi connectivity index (χ0) is 18.4. The van der Waals surface area contributed by atoms with Gasteiger partial charge in [0.25, 0.3) is 5.91 Å². The molecule has 2 heterocycles. The summed E-state index contributed by atoms with van der Waals surface area (Å²) >= 11 is 0. The highest BCUT2D eigenvalue weighted by Crippen LogP contribution is 2.45. The van der Waals surface area contributed by atoms with Crippen LogP contribution in [0, 0.1) is 12.8 Å². The van der Waals surface area contributed by atoms with Gasteiger partial charge >= 0.3 is 0 Å². The first-order valence-corrected chi connectivity index (χ1v) is 8.91. The van der Waals surface area contributed by atoms with Crippen LogP contribution in [0.3, 0.4) is 0 Å². The minimum atomic E-state index is -0.643. The molecule has 2 aromatic rings. The molecular weight excluding hydrogens is 318 g/mol. The molecule has 0 saturated carbocycles. The Balaban J connectivity index is 1.98. The zero-order valence-electron chi connectivity index (χ0n) is 15.6. The lowest BCUT2D eigenvalue weighted by atomic mass is 9.89. The quantitative estimate of drug-likeness (QED) is 0.875. The van der Waals surface area contributed by atoms with Gasteiger partial charge in [0.05, 0.1) is 6.10 Å². The fourth-order valence-electron chi connectivity index (χ4n) is 3.45. The molecule has 0 saturated heterocycles. The standard InChI is InChI=1S/C20H27NO4/c1-11(2)8-9-21-19(23)18-12(3)16-14(24-18)6-7-15-17(16)13(22)10-20(4,5)25-15/h6-7,11,13,22H,8-10H2,1-5H3,(H,21,23). The summed E-state index contributed by atoms with van der Waals surface area (Å²) in [6.07, 6.45) is 0.775. The Labute approximate surface area is 148 Å². The second-order valence-corrected chi connectivity index (χ2v) is 7.93. The molecule has 1 aliphatic rings. The number of aliphatic hydroxyl groups excluding tert-OH is 1. The Morgan fingerprint density at radius 1 is 1.40 bits per heavy atom. The average Bonchev–Trinajstić information content (AvgIpc) is 2.82. The molecule has 1 aliphatic heterocycles. The maximum absolute atomic E-state index is 12.5. The second kappa shape index (κ2) is 6.37. The van der Waals surface area contributed by atoms with Crippen molar-refractivity contribution in [2.75, 3.05) is 6.54 Å². The summed E-state index contributed by atoms with van der Waals surface area (Å²) in [5.41, 5.74) is 1.65. The predicted octanol–water partition coefficient (Wildman–Crippen LogP) is 4.11. The number of furan rings is 1. The van der Waals surface area contributed by atoms with Crippen LogP contribution in [0.5, 0.6) is 5.75 Å². The molecule has 0 spiro atoms. The topological polar surface area (TPSA) is 71.7 Å². The van der Waals surface area contributed by atoms with Crippen molar-refractivity contribution in [2.45, 2.75) is 59.2 Å². The van der Waals surface area contributed by atoms with Crippen LogP contribution in [0.1, 0.15) is 68.3 Å². The minimum Gasteiger partial charge on any atom is -0.487 e. The number of fused-ring (bicyclic) bond motifs is 3. The first-order chi connectivity index (χ1) is 11.7. The Kier molecular flexibility index (Phi) is 4.54. The lowest BCUT2D eigenvalue weighted by Crippen LogP contribution is -2.34. The summed E-state index contributed by atoms with van der Waals surface area (Å²) in [6.45, 7) is 10.6. The van der Waals surface area contributed by atoms with Gasteiger partial charge in [-0.1, -0.05) is 13.8 Å². The number of carbonyl (C=O) groups is 1. The molecule has 3 rings (SSSR count). The first-order valence-electron chi connectivity index (χ1n) is 8.91. The largest absolute Gasteiger partial charge is 0.487 e. The number of aliphatic hydroxyl groups is 1. The third kappa shape index (κ3) is 3.38. The number of hydrogen-bond acceptors (Lipinski definition) is 4. The lowest BCUT2D eigenvalue weighted by molar-refractivity contribution is 0.0126. The molecule has 136 valence electrons. The summed E-state index contributed by atoms with van der Waals surface area (Å²) in [6, 6.07) is 3.62. The van der Waals surface area contributed by atoms with E-state index in [1.807, 2.05) is 26.8 Å². The monoisotopic (exact) mass is 345 g/mol. The zero-order valence-corrected chi connectivity index (χ0v) is 15.6. The van der Waals surface area contributed by atoms with Crippen molar-refractivity contribution in [2.24, 2.45) is 5.92 Å². The maximum Gasteiger partial charge on any atom is 0.287 e. The van der Waals surface area contributed by atoms with Gasteiger partial charge in [-0.05, 0) is 45.2 Å². The van der Waals surface area contributed by atoms with Crippen molar-refractivity contribution in [3.63, 3.8) is 0 Å². The van der Waals surface area contributed by atoms with Crippen LogP contribution in [0.2, 0.25) is 0 Å². The van der Waals surface area contributed by atoms with E-state index >= 15 is 0 Å². The summed E-state index contributed by atoms with van der Waals surface area (Å²) in [5, 5.41) is 14.3. The highest BCUT2D eigenvalue weighted by molar-refractivity contribution is 6.00. The second-order valence-electron chi connectivity index (χ2n) is 7.93. The van der Waals surface area contributed by atoms with E-state index in [-0.39, 0.29) is 5.91 Å². The van der Waals surface area contributed by atoms with Crippen molar-refractivity contribution < 1.29 is 19.1 Å². The summed E-state index contributed by atoms with van der Waals surface area (Å²) in [7, 11) is 0. The molecule has 1 atom stereocenters. The van der Waals surface area contributed by atoms with E-state index in [1.165, 1.54) is 0 Å².